The third-order valence-corrected chi connectivity index (χ3v) is 4.41. The van der Waals surface area contributed by atoms with Crippen molar-refractivity contribution in [3.63, 3.8) is 0 Å². The van der Waals surface area contributed by atoms with Crippen LogP contribution in [0.25, 0.3) is 0 Å². The van der Waals surface area contributed by atoms with Gasteiger partial charge in [-0.15, -0.1) is 0 Å². The molecule has 0 saturated heterocycles. The van der Waals surface area contributed by atoms with Gasteiger partial charge in [0.1, 0.15) is 0 Å². The predicted octanol–water partition coefficient (Wildman–Crippen LogP) is 4.22. The van der Waals surface area contributed by atoms with Gasteiger partial charge in [0.2, 0.25) is 0 Å². The summed E-state index contributed by atoms with van der Waals surface area (Å²) < 4.78 is 0. The molecule has 0 amide bonds. The summed E-state index contributed by atoms with van der Waals surface area (Å²) in [5.41, 5.74) is 1.32. The van der Waals surface area contributed by atoms with E-state index < -0.39 is 0 Å². The molecule has 1 aromatic rings. The first-order chi connectivity index (χ1) is 9.86. The van der Waals surface area contributed by atoms with Gasteiger partial charge in [0.15, 0.2) is 0 Å². The average Bonchev–Trinajstić information content (AvgIpc) is 2.46. The minimum atomic E-state index is 0.775. The van der Waals surface area contributed by atoms with Gasteiger partial charge in [-0.05, 0) is 37.9 Å². The highest BCUT2D eigenvalue weighted by molar-refractivity contribution is 5.44. The molecule has 1 aromatic carbocycles. The highest BCUT2D eigenvalue weighted by atomic mass is 15.1. The Morgan fingerprint density at radius 1 is 1.00 bits per heavy atom. The van der Waals surface area contributed by atoms with E-state index in [2.05, 4.69) is 47.6 Å². The minimum absolute atomic E-state index is 0.775. The van der Waals surface area contributed by atoms with Crippen molar-refractivity contribution < 1.29 is 0 Å². The van der Waals surface area contributed by atoms with Crippen molar-refractivity contribution in [1.29, 1.82) is 0 Å². The number of hydrogen-bond donors (Lipinski definition) is 1. The smallest absolute Gasteiger partial charge is 0.0363 e. The second-order valence-electron chi connectivity index (χ2n) is 6.11. The van der Waals surface area contributed by atoms with Gasteiger partial charge < -0.3 is 10.2 Å². The Bertz CT molecular complexity index is 342. The molecule has 2 rings (SSSR count). The van der Waals surface area contributed by atoms with E-state index >= 15 is 0 Å². The third kappa shape index (κ3) is 5.54. The average molecular weight is 274 g/mol. The van der Waals surface area contributed by atoms with Crippen LogP contribution in [-0.2, 0) is 0 Å². The molecule has 0 atom stereocenters. The number of para-hydroxylation sites is 1. The van der Waals surface area contributed by atoms with E-state index in [1.807, 2.05) is 0 Å². The van der Waals surface area contributed by atoms with Gasteiger partial charge in [0.25, 0.3) is 0 Å². The van der Waals surface area contributed by atoms with E-state index in [-0.39, 0.29) is 0 Å². The molecule has 0 unspecified atom stereocenters. The maximum atomic E-state index is 3.77. The molecular formula is C18H30N2. The molecule has 0 spiro atoms. The Morgan fingerprint density at radius 2 is 1.65 bits per heavy atom. The summed E-state index contributed by atoms with van der Waals surface area (Å²) in [5.74, 6) is 0. The molecule has 0 heterocycles. The topological polar surface area (TPSA) is 15.3 Å². The first-order valence-electron chi connectivity index (χ1n) is 8.36. The molecule has 20 heavy (non-hydrogen) atoms. The molecule has 0 bridgehead atoms. The molecule has 0 aromatic heterocycles. The fourth-order valence-corrected chi connectivity index (χ4v) is 3.09. The van der Waals surface area contributed by atoms with Crippen molar-refractivity contribution in [3.8, 4) is 0 Å². The standard InChI is InChI=1S/C18H30N2/c1-20(18-13-8-5-9-14-18)16-10-15-19-17-11-6-3-2-4-7-12-17/h5,8-9,13-14,17,19H,2-4,6-7,10-12,15-16H2,1H3. The molecule has 2 heteroatoms. The fraction of sp³-hybridized carbons (Fsp3) is 0.667. The van der Waals surface area contributed by atoms with E-state index in [9.17, 15) is 0 Å². The van der Waals surface area contributed by atoms with Crippen LogP contribution < -0.4 is 10.2 Å². The summed E-state index contributed by atoms with van der Waals surface area (Å²) in [6.07, 6.45) is 11.2. The van der Waals surface area contributed by atoms with Gasteiger partial charge in [-0.25, -0.2) is 0 Å². The zero-order valence-electron chi connectivity index (χ0n) is 13.0. The maximum absolute atomic E-state index is 3.77. The van der Waals surface area contributed by atoms with Gasteiger partial charge in [-0.2, -0.15) is 0 Å². The van der Waals surface area contributed by atoms with Crippen LogP contribution in [0, 0.1) is 0 Å². The molecule has 1 saturated carbocycles. The minimum Gasteiger partial charge on any atom is -0.375 e. The van der Waals surface area contributed by atoms with Crippen LogP contribution in [0.3, 0.4) is 0 Å². The zero-order valence-corrected chi connectivity index (χ0v) is 13.0. The lowest BCUT2D eigenvalue weighted by atomic mass is 9.97. The number of nitrogens with one attached hydrogen (secondary N) is 1. The summed E-state index contributed by atoms with van der Waals surface area (Å²) >= 11 is 0. The van der Waals surface area contributed by atoms with Gasteiger partial charge >= 0.3 is 0 Å². The van der Waals surface area contributed by atoms with Gasteiger partial charge in [0, 0.05) is 25.3 Å². The van der Waals surface area contributed by atoms with E-state index in [1.54, 1.807) is 0 Å². The van der Waals surface area contributed by atoms with Crippen molar-refractivity contribution in [1.82, 2.24) is 5.32 Å². The molecule has 1 aliphatic rings. The Morgan fingerprint density at radius 3 is 2.35 bits per heavy atom. The van der Waals surface area contributed by atoms with Crippen LogP contribution in [0.2, 0.25) is 0 Å². The molecule has 112 valence electrons. The van der Waals surface area contributed by atoms with E-state index in [0.29, 0.717) is 0 Å². The summed E-state index contributed by atoms with van der Waals surface area (Å²) in [7, 11) is 2.19. The number of rotatable bonds is 6. The molecule has 0 aliphatic heterocycles. The highest BCUT2D eigenvalue weighted by Gasteiger charge is 2.10. The van der Waals surface area contributed by atoms with Crippen LogP contribution in [-0.4, -0.2) is 26.2 Å². The van der Waals surface area contributed by atoms with Crippen LogP contribution in [0.4, 0.5) is 5.69 Å². The van der Waals surface area contributed by atoms with Crippen LogP contribution in [0.5, 0.6) is 0 Å². The fourth-order valence-electron chi connectivity index (χ4n) is 3.09. The first-order valence-corrected chi connectivity index (χ1v) is 8.36. The van der Waals surface area contributed by atoms with Crippen LogP contribution in [0.15, 0.2) is 30.3 Å². The largest absolute Gasteiger partial charge is 0.375 e. The van der Waals surface area contributed by atoms with Crippen molar-refractivity contribution in [3.05, 3.63) is 30.3 Å². The molecule has 1 N–H and O–H groups in total. The SMILES string of the molecule is CN(CCCNC1CCCCCCC1)c1ccccc1. The van der Waals surface area contributed by atoms with E-state index in [0.717, 1.165) is 19.1 Å². The summed E-state index contributed by atoms with van der Waals surface area (Å²) in [6, 6.07) is 11.4. The monoisotopic (exact) mass is 274 g/mol. The third-order valence-electron chi connectivity index (χ3n) is 4.41. The maximum Gasteiger partial charge on any atom is 0.0363 e. The summed E-state index contributed by atoms with van der Waals surface area (Å²) in [4.78, 5) is 2.35. The first kappa shape index (κ1) is 15.4. The van der Waals surface area contributed by atoms with E-state index in [1.165, 1.54) is 57.1 Å². The normalized spacial score (nSPS) is 17.4. The van der Waals surface area contributed by atoms with Gasteiger partial charge in [-0.3, -0.25) is 0 Å². The second kappa shape index (κ2) is 9.02. The molecule has 0 radical (unpaired) electrons. The molecule has 1 fully saturated rings. The molecular weight excluding hydrogens is 244 g/mol. The lowest BCUT2D eigenvalue weighted by Gasteiger charge is -2.23. The number of anilines is 1. The van der Waals surface area contributed by atoms with Gasteiger partial charge in [-0.1, -0.05) is 50.3 Å². The lowest BCUT2D eigenvalue weighted by Crippen LogP contribution is -2.32. The Labute approximate surface area is 124 Å². The number of nitrogens with zero attached hydrogens (tertiary/aromatic N) is 1. The zero-order chi connectivity index (χ0) is 14.0. The van der Waals surface area contributed by atoms with Crippen molar-refractivity contribution in [2.45, 2.75) is 57.4 Å². The number of hydrogen-bond acceptors (Lipinski definition) is 2. The Kier molecular flexibility index (Phi) is 6.93. The Balaban J connectivity index is 1.60. The van der Waals surface area contributed by atoms with Gasteiger partial charge in [0.05, 0.1) is 0 Å². The highest BCUT2D eigenvalue weighted by Crippen LogP contribution is 2.17. The molecule has 2 nitrogen and oxygen atoms in total. The predicted molar refractivity (Wildman–Crippen MR) is 88.4 cm³/mol. The summed E-state index contributed by atoms with van der Waals surface area (Å²) in [5, 5.41) is 3.77. The lowest BCUT2D eigenvalue weighted by molar-refractivity contribution is 0.389. The van der Waals surface area contributed by atoms with Crippen LogP contribution in [0.1, 0.15) is 51.4 Å². The van der Waals surface area contributed by atoms with Crippen molar-refractivity contribution in [2.24, 2.45) is 0 Å². The Hall–Kier alpha value is -1.02. The van der Waals surface area contributed by atoms with Crippen molar-refractivity contribution >= 4 is 5.69 Å². The van der Waals surface area contributed by atoms with Crippen molar-refractivity contribution in [2.75, 3.05) is 25.0 Å². The van der Waals surface area contributed by atoms with Crippen LogP contribution >= 0.6 is 0 Å². The summed E-state index contributed by atoms with van der Waals surface area (Å²) in [6.45, 7) is 2.28. The van der Waals surface area contributed by atoms with E-state index in [4.69, 9.17) is 0 Å². The number of benzene rings is 1. The molecule has 1 aliphatic carbocycles. The second-order valence-corrected chi connectivity index (χ2v) is 6.11. The quantitative estimate of drug-likeness (QED) is 0.782.